The molecular formula is C17H21NO3S2. The Morgan fingerprint density at radius 3 is 2.43 bits per heavy atom. The fourth-order valence-corrected chi connectivity index (χ4v) is 4.23. The molecular weight excluding hydrogens is 330 g/mol. The third-order valence-electron chi connectivity index (χ3n) is 3.87. The van der Waals surface area contributed by atoms with Crippen molar-refractivity contribution in [2.45, 2.75) is 32.7 Å². The van der Waals surface area contributed by atoms with Crippen molar-refractivity contribution in [2.75, 3.05) is 7.11 Å². The van der Waals surface area contributed by atoms with Gasteiger partial charge < -0.3 is 10.1 Å². The number of hydrogen-bond donors (Lipinski definition) is 1. The van der Waals surface area contributed by atoms with Crippen LogP contribution in [0.25, 0.3) is 0 Å². The van der Waals surface area contributed by atoms with Gasteiger partial charge in [-0.1, -0.05) is 32.8 Å². The molecule has 0 aliphatic rings. The van der Waals surface area contributed by atoms with E-state index in [-0.39, 0.29) is 11.9 Å². The van der Waals surface area contributed by atoms with Gasteiger partial charge in [-0.05, 0) is 29.5 Å². The van der Waals surface area contributed by atoms with Crippen molar-refractivity contribution in [1.82, 2.24) is 5.32 Å². The van der Waals surface area contributed by atoms with Crippen molar-refractivity contribution in [3.63, 3.8) is 0 Å². The molecule has 0 spiro atoms. The number of ether oxygens (including phenoxy) is 1. The fraction of sp³-hybridized carbons (Fsp3) is 0.412. The van der Waals surface area contributed by atoms with E-state index in [1.165, 1.54) is 7.11 Å². The van der Waals surface area contributed by atoms with Crippen LogP contribution in [0.3, 0.4) is 0 Å². The highest BCUT2D eigenvalue weighted by atomic mass is 32.1. The van der Waals surface area contributed by atoms with Gasteiger partial charge in [0.15, 0.2) is 0 Å². The number of hydrogen-bond acceptors (Lipinski definition) is 5. The first-order valence-corrected chi connectivity index (χ1v) is 9.32. The largest absolute Gasteiger partial charge is 0.465 e. The first-order chi connectivity index (χ1) is 11.1. The van der Waals surface area contributed by atoms with Gasteiger partial charge in [-0.15, -0.1) is 22.7 Å². The molecule has 0 radical (unpaired) electrons. The summed E-state index contributed by atoms with van der Waals surface area (Å²) in [6, 6.07) is 7.36. The standard InChI is InChI=1S/C17H21NO3S2/c1-4-11(5-2)15(12-7-6-10-22-12)18-16(19)13-8-9-14(23-13)17(20)21-3/h6-11,15H,4-5H2,1-3H3,(H,18,19). The minimum atomic E-state index is -0.413. The minimum absolute atomic E-state index is 0.00109. The highest BCUT2D eigenvalue weighted by molar-refractivity contribution is 7.15. The molecule has 2 aromatic heterocycles. The topological polar surface area (TPSA) is 55.4 Å². The van der Waals surface area contributed by atoms with Crippen LogP contribution >= 0.6 is 22.7 Å². The maximum absolute atomic E-state index is 12.6. The van der Waals surface area contributed by atoms with Gasteiger partial charge in [0.2, 0.25) is 0 Å². The van der Waals surface area contributed by atoms with Crippen LogP contribution in [0.2, 0.25) is 0 Å². The van der Waals surface area contributed by atoms with E-state index in [1.807, 2.05) is 11.4 Å². The van der Waals surface area contributed by atoms with Crippen LogP contribution in [-0.2, 0) is 4.74 Å². The monoisotopic (exact) mass is 351 g/mol. The number of nitrogens with one attached hydrogen (secondary N) is 1. The lowest BCUT2D eigenvalue weighted by atomic mass is 9.93. The molecule has 0 fully saturated rings. The Balaban J connectivity index is 2.17. The lowest BCUT2D eigenvalue weighted by Crippen LogP contribution is -2.32. The predicted molar refractivity (Wildman–Crippen MR) is 94.3 cm³/mol. The number of amides is 1. The van der Waals surface area contributed by atoms with E-state index in [1.54, 1.807) is 23.5 Å². The average molecular weight is 351 g/mol. The molecule has 0 aliphatic carbocycles. The van der Waals surface area contributed by atoms with Crippen molar-refractivity contribution >= 4 is 34.6 Å². The van der Waals surface area contributed by atoms with Crippen LogP contribution in [-0.4, -0.2) is 19.0 Å². The third kappa shape index (κ3) is 4.20. The summed E-state index contributed by atoms with van der Waals surface area (Å²) in [4.78, 5) is 26.2. The molecule has 0 saturated carbocycles. The Kier molecular flexibility index (Phi) is 6.36. The van der Waals surface area contributed by atoms with Gasteiger partial charge in [0.05, 0.1) is 18.0 Å². The average Bonchev–Trinajstić information content (AvgIpc) is 3.25. The van der Waals surface area contributed by atoms with Crippen molar-refractivity contribution < 1.29 is 14.3 Å². The van der Waals surface area contributed by atoms with Gasteiger partial charge in [0.25, 0.3) is 5.91 Å². The Hall–Kier alpha value is -1.66. The number of methoxy groups -OCH3 is 1. The zero-order chi connectivity index (χ0) is 16.8. The number of carbonyl (C=O) groups is 2. The van der Waals surface area contributed by atoms with Gasteiger partial charge in [-0.25, -0.2) is 4.79 Å². The highest BCUT2D eigenvalue weighted by Gasteiger charge is 2.24. The van der Waals surface area contributed by atoms with Crippen LogP contribution in [0.1, 0.15) is 57.0 Å². The Morgan fingerprint density at radius 2 is 1.87 bits per heavy atom. The van der Waals surface area contributed by atoms with Crippen LogP contribution < -0.4 is 5.32 Å². The van der Waals surface area contributed by atoms with Gasteiger partial charge in [-0.2, -0.15) is 0 Å². The molecule has 1 unspecified atom stereocenters. The number of carbonyl (C=O) groups excluding carboxylic acids is 2. The second kappa shape index (κ2) is 8.26. The van der Waals surface area contributed by atoms with E-state index in [4.69, 9.17) is 0 Å². The van der Waals surface area contributed by atoms with Crippen LogP contribution in [0.4, 0.5) is 0 Å². The SMILES string of the molecule is CCC(CC)C(NC(=O)c1ccc(C(=O)OC)s1)c1cccs1. The van der Waals surface area contributed by atoms with Crippen LogP contribution in [0.15, 0.2) is 29.6 Å². The van der Waals surface area contributed by atoms with Gasteiger partial charge >= 0.3 is 5.97 Å². The minimum Gasteiger partial charge on any atom is -0.465 e. The number of thiophene rings is 2. The molecule has 0 saturated heterocycles. The molecule has 2 heterocycles. The number of rotatable bonds is 7. The van der Waals surface area contributed by atoms with Gasteiger partial charge in [0, 0.05) is 4.88 Å². The molecule has 124 valence electrons. The summed E-state index contributed by atoms with van der Waals surface area (Å²) in [5.41, 5.74) is 0. The lowest BCUT2D eigenvalue weighted by molar-refractivity contribution is 0.0606. The lowest BCUT2D eigenvalue weighted by Gasteiger charge is -2.25. The van der Waals surface area contributed by atoms with Crippen molar-refractivity contribution in [3.8, 4) is 0 Å². The third-order valence-corrected chi connectivity index (χ3v) is 5.89. The van der Waals surface area contributed by atoms with Crippen LogP contribution in [0, 0.1) is 5.92 Å². The highest BCUT2D eigenvalue weighted by Crippen LogP contribution is 2.31. The normalized spacial score (nSPS) is 12.2. The second-order valence-electron chi connectivity index (χ2n) is 5.20. The van der Waals surface area contributed by atoms with Crippen molar-refractivity contribution in [1.29, 1.82) is 0 Å². The molecule has 1 N–H and O–H groups in total. The first-order valence-electron chi connectivity index (χ1n) is 7.63. The van der Waals surface area contributed by atoms with Gasteiger partial charge in [0.1, 0.15) is 4.88 Å². The molecule has 0 bridgehead atoms. The van der Waals surface area contributed by atoms with E-state index in [9.17, 15) is 9.59 Å². The maximum atomic E-state index is 12.6. The van der Waals surface area contributed by atoms with Gasteiger partial charge in [-0.3, -0.25) is 4.79 Å². The molecule has 2 aromatic rings. The zero-order valence-electron chi connectivity index (χ0n) is 13.5. The van der Waals surface area contributed by atoms with Crippen molar-refractivity contribution in [2.24, 2.45) is 5.92 Å². The van der Waals surface area contributed by atoms with E-state index in [0.717, 1.165) is 29.1 Å². The summed E-state index contributed by atoms with van der Waals surface area (Å²) in [7, 11) is 1.34. The number of esters is 1. The summed E-state index contributed by atoms with van der Waals surface area (Å²) >= 11 is 2.81. The maximum Gasteiger partial charge on any atom is 0.348 e. The van der Waals surface area contributed by atoms with E-state index in [2.05, 4.69) is 30.0 Å². The van der Waals surface area contributed by atoms with E-state index < -0.39 is 5.97 Å². The molecule has 6 heteroatoms. The zero-order valence-corrected chi connectivity index (χ0v) is 15.1. The Labute approximate surface area is 144 Å². The van der Waals surface area contributed by atoms with E-state index in [0.29, 0.717) is 15.7 Å². The Bertz CT molecular complexity index is 645. The van der Waals surface area contributed by atoms with Crippen LogP contribution in [0.5, 0.6) is 0 Å². The predicted octanol–water partition coefficient (Wildman–Crippen LogP) is 4.50. The molecule has 1 atom stereocenters. The summed E-state index contributed by atoms with van der Waals surface area (Å²) in [5, 5.41) is 5.16. The van der Waals surface area contributed by atoms with Crippen molar-refractivity contribution in [3.05, 3.63) is 44.3 Å². The summed E-state index contributed by atoms with van der Waals surface area (Å²) in [6.07, 6.45) is 1.99. The summed E-state index contributed by atoms with van der Waals surface area (Å²) in [6.45, 7) is 4.28. The van der Waals surface area contributed by atoms with E-state index >= 15 is 0 Å². The molecule has 2 rings (SSSR count). The molecule has 0 aromatic carbocycles. The summed E-state index contributed by atoms with van der Waals surface area (Å²) < 4.78 is 4.68. The fourth-order valence-electron chi connectivity index (χ4n) is 2.53. The second-order valence-corrected chi connectivity index (χ2v) is 7.26. The summed E-state index contributed by atoms with van der Waals surface area (Å²) in [5.74, 6) is -0.169. The Morgan fingerprint density at radius 1 is 1.17 bits per heavy atom. The smallest absolute Gasteiger partial charge is 0.348 e. The molecule has 0 aliphatic heterocycles. The molecule has 1 amide bonds. The quantitative estimate of drug-likeness (QED) is 0.747. The molecule has 4 nitrogen and oxygen atoms in total. The molecule has 23 heavy (non-hydrogen) atoms. The first kappa shape index (κ1) is 17.7.